The van der Waals surface area contributed by atoms with Gasteiger partial charge in [-0.05, 0) is 55.5 Å². The molecule has 1 N–H and O–H groups in total. The fourth-order valence-corrected chi connectivity index (χ4v) is 2.67. The molecule has 3 rings (SSSR count). The van der Waals surface area contributed by atoms with Crippen molar-refractivity contribution >= 4 is 21.6 Å². The minimum Gasteiger partial charge on any atom is -0.378 e. The van der Waals surface area contributed by atoms with Crippen LogP contribution in [0.2, 0.25) is 0 Å². The summed E-state index contributed by atoms with van der Waals surface area (Å²) in [6.07, 6.45) is 2.67. The largest absolute Gasteiger partial charge is 0.378 e. The van der Waals surface area contributed by atoms with Gasteiger partial charge in [-0.15, -0.1) is 0 Å². The summed E-state index contributed by atoms with van der Waals surface area (Å²) in [5, 5.41) is 3.68. The average Bonchev–Trinajstić information content (AvgIpc) is 3.24. The Hall–Kier alpha value is -1.28. The molecule has 1 saturated carbocycles. The van der Waals surface area contributed by atoms with Crippen LogP contribution in [0.5, 0.6) is 0 Å². The maximum Gasteiger partial charge on any atom is 0.0542 e. The van der Waals surface area contributed by atoms with Crippen LogP contribution < -0.4 is 5.32 Å². The predicted octanol–water partition coefficient (Wildman–Crippen LogP) is 5.32. The Bertz CT molecular complexity index is 540. The van der Waals surface area contributed by atoms with Crippen molar-refractivity contribution in [1.29, 1.82) is 0 Å². The van der Waals surface area contributed by atoms with Gasteiger partial charge in [0.25, 0.3) is 0 Å². The molecule has 2 heteroatoms. The van der Waals surface area contributed by atoms with Gasteiger partial charge < -0.3 is 5.32 Å². The highest BCUT2D eigenvalue weighted by Crippen LogP contribution is 2.42. The fourth-order valence-electron chi connectivity index (χ4n) is 2.40. The van der Waals surface area contributed by atoms with Gasteiger partial charge in [0.15, 0.2) is 0 Å². The minimum atomic E-state index is 0.446. The van der Waals surface area contributed by atoms with Gasteiger partial charge in [0.05, 0.1) is 6.04 Å². The van der Waals surface area contributed by atoms with E-state index in [1.165, 1.54) is 29.7 Å². The second-order valence-corrected chi connectivity index (χ2v) is 6.29. The van der Waals surface area contributed by atoms with Crippen molar-refractivity contribution in [2.45, 2.75) is 25.8 Å². The van der Waals surface area contributed by atoms with Gasteiger partial charge in [0.2, 0.25) is 0 Å². The quantitative estimate of drug-likeness (QED) is 0.805. The van der Waals surface area contributed by atoms with Crippen molar-refractivity contribution in [3.8, 4) is 0 Å². The van der Waals surface area contributed by atoms with Gasteiger partial charge >= 0.3 is 0 Å². The van der Waals surface area contributed by atoms with E-state index < -0.39 is 0 Å². The molecule has 1 fully saturated rings. The third-order valence-corrected chi connectivity index (χ3v) is 4.22. The van der Waals surface area contributed by atoms with Crippen LogP contribution in [-0.2, 0) is 0 Å². The first-order valence-corrected chi connectivity index (χ1v) is 7.60. The molecular formula is C17H18BrN. The maximum atomic E-state index is 3.68. The van der Waals surface area contributed by atoms with Crippen molar-refractivity contribution < 1.29 is 0 Å². The van der Waals surface area contributed by atoms with Gasteiger partial charge in [0, 0.05) is 10.2 Å². The van der Waals surface area contributed by atoms with E-state index in [2.05, 4.69) is 76.7 Å². The Balaban J connectivity index is 1.81. The zero-order valence-electron chi connectivity index (χ0n) is 11.1. The molecule has 0 spiro atoms. The lowest BCUT2D eigenvalue weighted by atomic mass is 10.0. The van der Waals surface area contributed by atoms with Crippen LogP contribution in [0.1, 0.15) is 30.0 Å². The molecule has 1 aliphatic carbocycles. The molecule has 98 valence electrons. The summed E-state index contributed by atoms with van der Waals surface area (Å²) >= 11 is 3.48. The van der Waals surface area contributed by atoms with Gasteiger partial charge in [-0.2, -0.15) is 0 Å². The van der Waals surface area contributed by atoms with E-state index in [4.69, 9.17) is 0 Å². The lowest BCUT2D eigenvalue weighted by Crippen LogP contribution is -2.12. The van der Waals surface area contributed by atoms with Crippen LogP contribution in [0.3, 0.4) is 0 Å². The molecule has 0 aliphatic heterocycles. The SMILES string of the molecule is Cc1ccc(C(Nc2ccc(Br)cc2)C2CC2)cc1. The van der Waals surface area contributed by atoms with Crippen LogP contribution in [0, 0.1) is 12.8 Å². The fraction of sp³-hybridized carbons (Fsp3) is 0.294. The Morgan fingerprint density at radius 2 is 1.63 bits per heavy atom. The summed E-state index contributed by atoms with van der Waals surface area (Å²) < 4.78 is 1.12. The molecule has 0 radical (unpaired) electrons. The third-order valence-electron chi connectivity index (χ3n) is 3.70. The number of benzene rings is 2. The summed E-state index contributed by atoms with van der Waals surface area (Å²) in [6, 6.07) is 17.8. The summed E-state index contributed by atoms with van der Waals surface area (Å²) in [4.78, 5) is 0. The number of aryl methyl sites for hydroxylation is 1. The van der Waals surface area contributed by atoms with E-state index in [-0.39, 0.29) is 0 Å². The molecule has 2 aromatic rings. The zero-order chi connectivity index (χ0) is 13.2. The van der Waals surface area contributed by atoms with Gasteiger partial charge in [0.1, 0.15) is 0 Å². The highest BCUT2D eigenvalue weighted by atomic mass is 79.9. The predicted molar refractivity (Wildman–Crippen MR) is 84.4 cm³/mol. The Labute approximate surface area is 123 Å². The molecule has 0 saturated heterocycles. The summed E-state index contributed by atoms with van der Waals surface area (Å²) in [7, 11) is 0. The highest BCUT2D eigenvalue weighted by molar-refractivity contribution is 9.10. The molecule has 0 heterocycles. The first-order valence-electron chi connectivity index (χ1n) is 6.81. The van der Waals surface area contributed by atoms with Crippen molar-refractivity contribution in [1.82, 2.24) is 0 Å². The van der Waals surface area contributed by atoms with Crippen molar-refractivity contribution in [3.05, 3.63) is 64.1 Å². The third kappa shape index (κ3) is 3.19. The lowest BCUT2D eigenvalue weighted by molar-refractivity contribution is 0.679. The molecule has 0 bridgehead atoms. The average molecular weight is 316 g/mol. The van der Waals surface area contributed by atoms with Crippen molar-refractivity contribution in [3.63, 3.8) is 0 Å². The maximum absolute atomic E-state index is 3.68. The van der Waals surface area contributed by atoms with E-state index in [0.29, 0.717) is 6.04 Å². The van der Waals surface area contributed by atoms with E-state index >= 15 is 0 Å². The molecule has 0 aromatic heterocycles. The number of hydrogen-bond donors (Lipinski definition) is 1. The van der Waals surface area contributed by atoms with Crippen LogP contribution >= 0.6 is 15.9 Å². The zero-order valence-corrected chi connectivity index (χ0v) is 12.7. The standard InChI is InChI=1S/C17H18BrN/c1-12-2-4-13(5-3-12)17(14-6-7-14)19-16-10-8-15(18)9-11-16/h2-5,8-11,14,17,19H,6-7H2,1H3. The van der Waals surface area contributed by atoms with E-state index in [0.717, 1.165) is 10.4 Å². The number of rotatable bonds is 4. The van der Waals surface area contributed by atoms with Crippen LogP contribution in [0.4, 0.5) is 5.69 Å². The molecular weight excluding hydrogens is 298 g/mol. The van der Waals surface area contributed by atoms with Crippen LogP contribution in [0.15, 0.2) is 53.0 Å². The number of halogens is 1. The Kier molecular flexibility index (Phi) is 3.61. The molecule has 1 nitrogen and oxygen atoms in total. The number of anilines is 1. The smallest absolute Gasteiger partial charge is 0.0542 e. The summed E-state index contributed by atoms with van der Waals surface area (Å²) in [5.74, 6) is 0.784. The Morgan fingerprint density at radius 3 is 2.21 bits per heavy atom. The van der Waals surface area contributed by atoms with Crippen molar-refractivity contribution in [2.75, 3.05) is 5.32 Å². The van der Waals surface area contributed by atoms with Crippen LogP contribution in [0.25, 0.3) is 0 Å². The van der Waals surface area contributed by atoms with E-state index in [1.54, 1.807) is 0 Å². The molecule has 2 aromatic carbocycles. The summed E-state index contributed by atoms with van der Waals surface area (Å²) in [5.41, 5.74) is 3.92. The van der Waals surface area contributed by atoms with Crippen LogP contribution in [-0.4, -0.2) is 0 Å². The molecule has 0 amide bonds. The van der Waals surface area contributed by atoms with Crippen molar-refractivity contribution in [2.24, 2.45) is 5.92 Å². The van der Waals surface area contributed by atoms with Gasteiger partial charge in [-0.25, -0.2) is 0 Å². The summed E-state index contributed by atoms with van der Waals surface area (Å²) in [6.45, 7) is 2.14. The van der Waals surface area contributed by atoms with E-state index in [9.17, 15) is 0 Å². The molecule has 1 atom stereocenters. The lowest BCUT2D eigenvalue weighted by Gasteiger charge is -2.20. The minimum absolute atomic E-state index is 0.446. The van der Waals surface area contributed by atoms with Gasteiger partial charge in [-0.1, -0.05) is 45.8 Å². The Morgan fingerprint density at radius 1 is 1.00 bits per heavy atom. The van der Waals surface area contributed by atoms with E-state index in [1.807, 2.05) is 0 Å². The monoisotopic (exact) mass is 315 g/mol. The highest BCUT2D eigenvalue weighted by Gasteiger charge is 2.32. The topological polar surface area (TPSA) is 12.0 Å². The number of hydrogen-bond acceptors (Lipinski definition) is 1. The molecule has 19 heavy (non-hydrogen) atoms. The molecule has 1 aliphatic rings. The normalized spacial score (nSPS) is 16.1. The molecule has 1 unspecified atom stereocenters. The first-order chi connectivity index (χ1) is 9.22. The second-order valence-electron chi connectivity index (χ2n) is 5.38. The first kappa shape index (κ1) is 12.7. The number of nitrogens with one attached hydrogen (secondary N) is 1. The van der Waals surface area contributed by atoms with Gasteiger partial charge in [-0.3, -0.25) is 0 Å². The second kappa shape index (κ2) is 5.38.